The summed E-state index contributed by atoms with van der Waals surface area (Å²) in [5, 5.41) is 5.16. The molecule has 162 valence electrons. The highest BCUT2D eigenvalue weighted by Gasteiger charge is 2.13. The largest absolute Gasteiger partial charge is 0.493 e. The second kappa shape index (κ2) is 9.39. The molecule has 0 saturated heterocycles. The van der Waals surface area contributed by atoms with Gasteiger partial charge in [0.1, 0.15) is 12.3 Å². The summed E-state index contributed by atoms with van der Waals surface area (Å²) in [6.45, 7) is 2.44. The molecule has 0 fully saturated rings. The maximum Gasteiger partial charge on any atom is 0.287 e. The fraction of sp³-hybridized carbons (Fsp3) is 0.154. The van der Waals surface area contributed by atoms with Gasteiger partial charge in [0, 0.05) is 23.5 Å². The molecule has 1 amide bonds. The minimum atomic E-state index is -0.287. The number of ether oxygens (including phenoxy) is 2. The Morgan fingerprint density at radius 1 is 1.06 bits per heavy atom. The van der Waals surface area contributed by atoms with E-state index in [0.717, 1.165) is 16.5 Å². The molecular weight excluding hydrogens is 402 g/mol. The quantitative estimate of drug-likeness (QED) is 0.339. The van der Waals surface area contributed by atoms with Crippen LogP contribution in [0.15, 0.2) is 77.9 Å². The first-order valence-corrected chi connectivity index (χ1v) is 10.3. The van der Waals surface area contributed by atoms with Gasteiger partial charge in [-0.3, -0.25) is 4.79 Å². The van der Waals surface area contributed by atoms with Crippen molar-refractivity contribution >= 4 is 23.0 Å². The molecule has 0 radical (unpaired) electrons. The van der Waals surface area contributed by atoms with E-state index in [1.807, 2.05) is 85.3 Å². The molecule has 4 rings (SSSR count). The SMILES string of the molecule is COc1cccc(/C=N/NC(=O)c2cc3ccccc3n2C)c1OCc1cccc(C)c1. The van der Waals surface area contributed by atoms with Crippen molar-refractivity contribution in [2.24, 2.45) is 12.1 Å². The molecule has 4 aromatic rings. The second-order valence-corrected chi connectivity index (χ2v) is 7.50. The van der Waals surface area contributed by atoms with E-state index < -0.39 is 0 Å². The summed E-state index contributed by atoms with van der Waals surface area (Å²) in [6.07, 6.45) is 1.56. The molecule has 0 aliphatic heterocycles. The number of nitrogens with one attached hydrogen (secondary N) is 1. The summed E-state index contributed by atoms with van der Waals surface area (Å²) < 4.78 is 13.4. The number of para-hydroxylation sites is 2. The summed E-state index contributed by atoms with van der Waals surface area (Å²) >= 11 is 0. The first-order valence-electron chi connectivity index (χ1n) is 10.3. The van der Waals surface area contributed by atoms with Gasteiger partial charge >= 0.3 is 0 Å². The lowest BCUT2D eigenvalue weighted by Gasteiger charge is -2.13. The third kappa shape index (κ3) is 4.49. The highest BCUT2D eigenvalue weighted by Crippen LogP contribution is 2.31. The van der Waals surface area contributed by atoms with Crippen LogP contribution in [0, 0.1) is 6.92 Å². The minimum absolute atomic E-state index is 0.287. The molecule has 32 heavy (non-hydrogen) atoms. The van der Waals surface area contributed by atoms with E-state index >= 15 is 0 Å². The Morgan fingerprint density at radius 2 is 1.88 bits per heavy atom. The number of aryl methyl sites for hydroxylation is 2. The smallest absolute Gasteiger partial charge is 0.287 e. The Morgan fingerprint density at radius 3 is 2.66 bits per heavy atom. The Labute approximate surface area is 187 Å². The molecule has 1 aromatic heterocycles. The first kappa shape index (κ1) is 21.2. The van der Waals surface area contributed by atoms with E-state index in [9.17, 15) is 4.79 Å². The lowest BCUT2D eigenvalue weighted by molar-refractivity contribution is 0.0947. The number of amides is 1. The number of hydrogen-bond donors (Lipinski definition) is 1. The number of hydrazone groups is 1. The van der Waals surface area contributed by atoms with Gasteiger partial charge in [-0.05, 0) is 36.8 Å². The number of methoxy groups -OCH3 is 1. The van der Waals surface area contributed by atoms with Crippen molar-refractivity contribution in [3.05, 3.63) is 95.2 Å². The first-order chi connectivity index (χ1) is 15.6. The maximum atomic E-state index is 12.7. The summed E-state index contributed by atoms with van der Waals surface area (Å²) in [5.41, 5.74) is 7.06. The van der Waals surface area contributed by atoms with Gasteiger partial charge < -0.3 is 14.0 Å². The lowest BCUT2D eigenvalue weighted by Crippen LogP contribution is -2.20. The predicted molar refractivity (Wildman–Crippen MR) is 126 cm³/mol. The van der Waals surface area contributed by atoms with Gasteiger partial charge in [0.15, 0.2) is 11.5 Å². The van der Waals surface area contributed by atoms with Crippen molar-refractivity contribution in [3.8, 4) is 11.5 Å². The van der Waals surface area contributed by atoms with Crippen LogP contribution in [-0.4, -0.2) is 23.8 Å². The summed E-state index contributed by atoms with van der Waals surface area (Å²) in [7, 11) is 3.46. The van der Waals surface area contributed by atoms with Gasteiger partial charge in [0.25, 0.3) is 5.91 Å². The van der Waals surface area contributed by atoms with E-state index in [0.29, 0.717) is 29.4 Å². The monoisotopic (exact) mass is 427 g/mol. The molecule has 1 N–H and O–H groups in total. The minimum Gasteiger partial charge on any atom is -0.493 e. The van der Waals surface area contributed by atoms with E-state index in [-0.39, 0.29) is 5.91 Å². The number of carbonyl (C=O) groups is 1. The van der Waals surface area contributed by atoms with Crippen molar-refractivity contribution in [1.82, 2.24) is 9.99 Å². The fourth-order valence-corrected chi connectivity index (χ4v) is 3.63. The topological polar surface area (TPSA) is 64.8 Å². The highest BCUT2D eigenvalue weighted by molar-refractivity contribution is 5.99. The molecule has 0 unspecified atom stereocenters. The second-order valence-electron chi connectivity index (χ2n) is 7.50. The van der Waals surface area contributed by atoms with Crippen LogP contribution in [0.5, 0.6) is 11.5 Å². The molecule has 0 spiro atoms. The molecule has 0 aliphatic rings. The van der Waals surface area contributed by atoms with E-state index in [1.165, 1.54) is 5.56 Å². The molecule has 1 heterocycles. The number of rotatable bonds is 7. The average Bonchev–Trinajstić information content (AvgIpc) is 3.14. The number of hydrogen-bond acceptors (Lipinski definition) is 4. The van der Waals surface area contributed by atoms with Crippen LogP contribution in [0.4, 0.5) is 0 Å². The van der Waals surface area contributed by atoms with Crippen LogP contribution in [0.25, 0.3) is 10.9 Å². The Hall–Kier alpha value is -4.06. The number of benzene rings is 3. The fourth-order valence-electron chi connectivity index (χ4n) is 3.63. The summed E-state index contributed by atoms with van der Waals surface area (Å²) in [4.78, 5) is 12.7. The molecular formula is C26H25N3O3. The van der Waals surface area contributed by atoms with Crippen molar-refractivity contribution in [1.29, 1.82) is 0 Å². The lowest BCUT2D eigenvalue weighted by atomic mass is 10.1. The Bertz CT molecular complexity index is 1290. The van der Waals surface area contributed by atoms with E-state index in [2.05, 4.69) is 16.6 Å². The van der Waals surface area contributed by atoms with Gasteiger partial charge in [-0.15, -0.1) is 0 Å². The number of carbonyl (C=O) groups excluding carboxylic acids is 1. The van der Waals surface area contributed by atoms with Crippen LogP contribution in [-0.2, 0) is 13.7 Å². The van der Waals surface area contributed by atoms with Crippen LogP contribution in [0.2, 0.25) is 0 Å². The zero-order valence-corrected chi connectivity index (χ0v) is 18.3. The Kier molecular flexibility index (Phi) is 6.22. The zero-order chi connectivity index (χ0) is 22.5. The van der Waals surface area contributed by atoms with Crippen molar-refractivity contribution in [2.45, 2.75) is 13.5 Å². The molecule has 3 aromatic carbocycles. The van der Waals surface area contributed by atoms with E-state index in [4.69, 9.17) is 9.47 Å². The van der Waals surface area contributed by atoms with Crippen LogP contribution in [0.1, 0.15) is 27.2 Å². The number of aromatic nitrogens is 1. The third-order valence-corrected chi connectivity index (χ3v) is 5.25. The Balaban J connectivity index is 1.51. The van der Waals surface area contributed by atoms with E-state index in [1.54, 1.807) is 13.3 Å². The molecule has 0 bridgehead atoms. The van der Waals surface area contributed by atoms with Crippen molar-refractivity contribution in [2.75, 3.05) is 7.11 Å². The maximum absolute atomic E-state index is 12.7. The van der Waals surface area contributed by atoms with Crippen molar-refractivity contribution < 1.29 is 14.3 Å². The van der Waals surface area contributed by atoms with Gasteiger partial charge in [-0.25, -0.2) is 5.43 Å². The average molecular weight is 428 g/mol. The van der Waals surface area contributed by atoms with Crippen molar-refractivity contribution in [3.63, 3.8) is 0 Å². The van der Waals surface area contributed by atoms with Crippen LogP contribution in [0.3, 0.4) is 0 Å². The molecule has 6 nitrogen and oxygen atoms in total. The highest BCUT2D eigenvalue weighted by atomic mass is 16.5. The predicted octanol–water partition coefficient (Wildman–Crippen LogP) is 4.84. The van der Waals surface area contributed by atoms with Gasteiger partial charge in [0.2, 0.25) is 0 Å². The van der Waals surface area contributed by atoms with Crippen LogP contribution >= 0.6 is 0 Å². The number of nitrogens with zero attached hydrogens (tertiary/aromatic N) is 2. The summed E-state index contributed by atoms with van der Waals surface area (Å²) in [6, 6.07) is 23.4. The van der Waals surface area contributed by atoms with Gasteiger partial charge in [0.05, 0.1) is 13.3 Å². The standard InChI is InChI=1S/C26H25N3O3/c1-18-8-6-9-19(14-18)17-32-25-21(11-7-13-24(25)31-3)16-27-28-26(30)23-15-20-10-4-5-12-22(20)29(23)2/h4-16H,17H2,1-3H3,(H,28,30)/b27-16+. The number of fused-ring (bicyclic) bond motifs is 1. The normalized spacial score (nSPS) is 11.1. The van der Waals surface area contributed by atoms with Gasteiger partial charge in [-0.2, -0.15) is 5.10 Å². The molecule has 0 aliphatic carbocycles. The van der Waals surface area contributed by atoms with Crippen LogP contribution < -0.4 is 14.9 Å². The summed E-state index contributed by atoms with van der Waals surface area (Å²) in [5.74, 6) is 0.880. The molecule has 0 saturated carbocycles. The van der Waals surface area contributed by atoms with Gasteiger partial charge in [-0.1, -0.05) is 54.1 Å². The molecule has 0 atom stereocenters. The zero-order valence-electron chi connectivity index (χ0n) is 18.3. The third-order valence-electron chi connectivity index (χ3n) is 5.25. The molecule has 6 heteroatoms.